The van der Waals surface area contributed by atoms with Gasteiger partial charge < -0.3 is 4.90 Å². The number of pyridine rings is 1. The molecular weight excluding hydrogens is 391 g/mol. The number of amides is 1. The van der Waals surface area contributed by atoms with E-state index in [9.17, 15) is 4.79 Å². The van der Waals surface area contributed by atoms with Gasteiger partial charge in [0.15, 0.2) is 10.8 Å². The fraction of sp³-hybridized carbons (Fsp3) is 0.278. The van der Waals surface area contributed by atoms with Crippen molar-refractivity contribution in [3.63, 3.8) is 0 Å². The van der Waals surface area contributed by atoms with E-state index < -0.39 is 0 Å². The van der Waals surface area contributed by atoms with Crippen LogP contribution in [0.25, 0.3) is 5.65 Å². The van der Waals surface area contributed by atoms with Crippen LogP contribution < -0.4 is 0 Å². The van der Waals surface area contributed by atoms with Gasteiger partial charge in [-0.15, -0.1) is 10.2 Å². The number of aromatic nitrogens is 3. The number of carbonyl (C=O) groups is 1. The Labute approximate surface area is 165 Å². The fourth-order valence-electron chi connectivity index (χ4n) is 3.00. The van der Waals surface area contributed by atoms with E-state index in [1.54, 1.807) is 28.4 Å². The predicted octanol–water partition coefficient (Wildman–Crippen LogP) is 4.56. The number of hydrogen-bond acceptors (Lipinski definition) is 4. The highest BCUT2D eigenvalue weighted by Gasteiger charge is 2.19. The second-order valence-electron chi connectivity index (χ2n) is 6.17. The zero-order valence-corrected chi connectivity index (χ0v) is 16.2. The molecule has 1 fully saturated rings. The third-order valence-electron chi connectivity index (χ3n) is 4.36. The third-order valence-corrected chi connectivity index (χ3v) is 5.86. The molecule has 1 aliphatic heterocycles. The molecule has 0 bridgehead atoms. The SMILES string of the molecule is O=C(c1ccc(CSc2nnc3c(Cl)cc(Cl)cn23)cc1)N1CCCC1. The van der Waals surface area contributed by atoms with Gasteiger partial charge >= 0.3 is 0 Å². The Balaban J connectivity index is 1.46. The molecule has 3 aromatic rings. The molecule has 3 heterocycles. The number of hydrogen-bond donors (Lipinski definition) is 0. The topological polar surface area (TPSA) is 50.5 Å². The maximum atomic E-state index is 12.4. The van der Waals surface area contributed by atoms with Gasteiger partial charge in [-0.2, -0.15) is 0 Å². The van der Waals surface area contributed by atoms with Crippen LogP contribution >= 0.6 is 35.0 Å². The van der Waals surface area contributed by atoms with Crippen molar-refractivity contribution in [2.75, 3.05) is 13.1 Å². The summed E-state index contributed by atoms with van der Waals surface area (Å²) in [5.41, 5.74) is 2.44. The lowest BCUT2D eigenvalue weighted by molar-refractivity contribution is 0.0793. The van der Waals surface area contributed by atoms with Gasteiger partial charge in [0.2, 0.25) is 0 Å². The molecule has 0 unspecified atom stereocenters. The van der Waals surface area contributed by atoms with Gasteiger partial charge in [0.25, 0.3) is 5.91 Å². The van der Waals surface area contributed by atoms with Crippen LogP contribution in [0.2, 0.25) is 10.0 Å². The molecule has 2 aromatic heterocycles. The van der Waals surface area contributed by atoms with Crippen molar-refractivity contribution < 1.29 is 4.79 Å². The molecule has 134 valence electrons. The number of thioether (sulfide) groups is 1. The van der Waals surface area contributed by atoms with Crippen LogP contribution in [0.3, 0.4) is 0 Å². The van der Waals surface area contributed by atoms with Gasteiger partial charge in [-0.05, 0) is 36.6 Å². The minimum atomic E-state index is 0.120. The van der Waals surface area contributed by atoms with Gasteiger partial charge in [-0.1, -0.05) is 47.1 Å². The summed E-state index contributed by atoms with van der Waals surface area (Å²) in [6.45, 7) is 1.73. The summed E-state index contributed by atoms with van der Waals surface area (Å²) in [4.78, 5) is 14.3. The number of nitrogens with zero attached hydrogens (tertiary/aromatic N) is 4. The summed E-state index contributed by atoms with van der Waals surface area (Å²) in [6.07, 6.45) is 3.95. The Bertz CT molecular complexity index is 952. The van der Waals surface area contributed by atoms with Crippen LogP contribution in [0.1, 0.15) is 28.8 Å². The van der Waals surface area contributed by atoms with Crippen molar-refractivity contribution in [3.05, 3.63) is 57.7 Å². The van der Waals surface area contributed by atoms with Gasteiger partial charge in [-0.3, -0.25) is 9.20 Å². The average Bonchev–Trinajstić information content (AvgIpc) is 3.30. The number of likely N-dealkylation sites (tertiary alicyclic amines) is 1. The smallest absolute Gasteiger partial charge is 0.253 e. The Morgan fingerprint density at radius 2 is 1.85 bits per heavy atom. The van der Waals surface area contributed by atoms with Crippen molar-refractivity contribution in [2.45, 2.75) is 23.8 Å². The Hall–Kier alpha value is -1.76. The van der Waals surface area contributed by atoms with Gasteiger partial charge in [0, 0.05) is 30.6 Å². The second kappa shape index (κ2) is 7.47. The third kappa shape index (κ3) is 3.54. The standard InChI is InChI=1S/C18H16Cl2N4OS/c19-14-9-15(20)16-21-22-18(24(16)10-14)26-11-12-3-5-13(6-4-12)17(25)23-7-1-2-8-23/h3-6,9-10H,1-2,7-8,11H2. The van der Waals surface area contributed by atoms with E-state index in [0.29, 0.717) is 21.4 Å². The zero-order chi connectivity index (χ0) is 18.1. The van der Waals surface area contributed by atoms with Crippen LogP contribution in [0.5, 0.6) is 0 Å². The van der Waals surface area contributed by atoms with Crippen molar-refractivity contribution in [2.24, 2.45) is 0 Å². The van der Waals surface area contributed by atoms with Crippen LogP contribution in [-0.4, -0.2) is 38.5 Å². The molecule has 1 aromatic carbocycles. The maximum absolute atomic E-state index is 12.4. The van der Waals surface area contributed by atoms with E-state index in [2.05, 4.69) is 10.2 Å². The van der Waals surface area contributed by atoms with Crippen molar-refractivity contribution in [1.82, 2.24) is 19.5 Å². The summed E-state index contributed by atoms with van der Waals surface area (Å²) >= 11 is 13.7. The first-order valence-electron chi connectivity index (χ1n) is 8.32. The minimum Gasteiger partial charge on any atom is -0.339 e. The lowest BCUT2D eigenvalue weighted by atomic mass is 10.1. The van der Waals surface area contributed by atoms with Gasteiger partial charge in [0.1, 0.15) is 0 Å². The predicted molar refractivity (Wildman–Crippen MR) is 104 cm³/mol. The monoisotopic (exact) mass is 406 g/mol. The summed E-state index contributed by atoms with van der Waals surface area (Å²) in [5, 5.41) is 10.0. The summed E-state index contributed by atoms with van der Waals surface area (Å²) in [6, 6.07) is 9.41. The molecular formula is C18H16Cl2N4OS. The molecule has 0 radical (unpaired) electrons. The van der Waals surface area contributed by atoms with Crippen molar-refractivity contribution in [1.29, 1.82) is 0 Å². The molecule has 0 atom stereocenters. The summed E-state index contributed by atoms with van der Waals surface area (Å²) in [5.74, 6) is 0.831. The quantitative estimate of drug-likeness (QED) is 0.595. The number of halogens is 2. The summed E-state index contributed by atoms with van der Waals surface area (Å²) in [7, 11) is 0. The fourth-order valence-corrected chi connectivity index (χ4v) is 4.37. The molecule has 1 amide bonds. The van der Waals surface area contributed by atoms with Crippen LogP contribution in [-0.2, 0) is 5.75 Å². The van der Waals surface area contributed by atoms with E-state index in [0.717, 1.165) is 42.2 Å². The molecule has 5 nitrogen and oxygen atoms in total. The van der Waals surface area contributed by atoms with E-state index in [1.165, 1.54) is 0 Å². The molecule has 1 aliphatic rings. The minimum absolute atomic E-state index is 0.120. The largest absolute Gasteiger partial charge is 0.339 e. The maximum Gasteiger partial charge on any atom is 0.253 e. The van der Waals surface area contributed by atoms with Gasteiger partial charge in [-0.25, -0.2) is 0 Å². The molecule has 0 spiro atoms. The number of fused-ring (bicyclic) bond motifs is 1. The van der Waals surface area contributed by atoms with Crippen LogP contribution in [0.4, 0.5) is 0 Å². The molecule has 8 heteroatoms. The van der Waals surface area contributed by atoms with E-state index in [-0.39, 0.29) is 5.91 Å². The highest BCUT2D eigenvalue weighted by Crippen LogP contribution is 2.27. The number of carbonyl (C=O) groups excluding carboxylic acids is 1. The normalized spacial score (nSPS) is 14.3. The van der Waals surface area contributed by atoms with E-state index in [1.807, 2.05) is 29.2 Å². The van der Waals surface area contributed by atoms with E-state index >= 15 is 0 Å². The first kappa shape index (κ1) is 17.6. The second-order valence-corrected chi connectivity index (χ2v) is 7.95. The summed E-state index contributed by atoms with van der Waals surface area (Å²) < 4.78 is 1.79. The Kier molecular flexibility index (Phi) is 5.07. The molecule has 4 rings (SSSR count). The lowest BCUT2D eigenvalue weighted by Crippen LogP contribution is -2.27. The number of rotatable bonds is 4. The zero-order valence-electron chi connectivity index (χ0n) is 13.9. The van der Waals surface area contributed by atoms with E-state index in [4.69, 9.17) is 23.2 Å². The first-order valence-corrected chi connectivity index (χ1v) is 10.1. The first-order chi connectivity index (χ1) is 12.6. The van der Waals surface area contributed by atoms with Crippen molar-refractivity contribution in [3.8, 4) is 0 Å². The lowest BCUT2D eigenvalue weighted by Gasteiger charge is -2.15. The molecule has 0 saturated carbocycles. The average molecular weight is 407 g/mol. The highest BCUT2D eigenvalue weighted by molar-refractivity contribution is 7.98. The van der Waals surface area contributed by atoms with Crippen LogP contribution in [0.15, 0.2) is 41.7 Å². The van der Waals surface area contributed by atoms with Crippen molar-refractivity contribution >= 4 is 46.5 Å². The Morgan fingerprint density at radius 1 is 1.12 bits per heavy atom. The van der Waals surface area contributed by atoms with Gasteiger partial charge in [0.05, 0.1) is 10.0 Å². The molecule has 0 N–H and O–H groups in total. The molecule has 1 saturated heterocycles. The molecule has 0 aliphatic carbocycles. The van der Waals surface area contributed by atoms with Crippen LogP contribution in [0, 0.1) is 0 Å². The highest BCUT2D eigenvalue weighted by atomic mass is 35.5. The molecule has 26 heavy (non-hydrogen) atoms. The Morgan fingerprint density at radius 3 is 2.58 bits per heavy atom. The number of benzene rings is 1.